The molecule has 0 aliphatic carbocycles. The molecule has 0 saturated carbocycles. The molecular formula is C15H17N3O. The molecule has 0 spiro atoms. The number of nitrogens with zero attached hydrogens (tertiary/aromatic N) is 1. The van der Waals surface area contributed by atoms with Crippen LogP contribution in [0.1, 0.15) is 24.2 Å². The van der Waals surface area contributed by atoms with Gasteiger partial charge in [-0.1, -0.05) is 36.4 Å². The summed E-state index contributed by atoms with van der Waals surface area (Å²) in [5.41, 5.74) is 1.92. The van der Waals surface area contributed by atoms with Crippen molar-refractivity contribution in [1.29, 1.82) is 0 Å². The quantitative estimate of drug-likeness (QED) is 0.882. The van der Waals surface area contributed by atoms with Gasteiger partial charge in [0.1, 0.15) is 0 Å². The fourth-order valence-electron chi connectivity index (χ4n) is 1.73. The lowest BCUT2D eigenvalue weighted by molar-refractivity contribution is 0.237. The summed E-state index contributed by atoms with van der Waals surface area (Å²) in [6.07, 6.45) is 1.72. The van der Waals surface area contributed by atoms with E-state index in [-0.39, 0.29) is 12.1 Å². The second-order valence-electron chi connectivity index (χ2n) is 4.29. The van der Waals surface area contributed by atoms with E-state index in [1.165, 1.54) is 0 Å². The molecule has 2 aromatic rings. The molecule has 0 aliphatic heterocycles. The Kier molecular flexibility index (Phi) is 4.50. The lowest BCUT2D eigenvalue weighted by Gasteiger charge is -2.14. The zero-order valence-electron chi connectivity index (χ0n) is 10.8. The van der Waals surface area contributed by atoms with Crippen molar-refractivity contribution in [3.63, 3.8) is 0 Å². The number of hydrogen-bond acceptors (Lipinski definition) is 2. The summed E-state index contributed by atoms with van der Waals surface area (Å²) in [7, 11) is 0. The third kappa shape index (κ3) is 4.10. The van der Waals surface area contributed by atoms with E-state index < -0.39 is 0 Å². The average Bonchev–Trinajstić information content (AvgIpc) is 2.47. The predicted molar refractivity (Wildman–Crippen MR) is 74.5 cm³/mol. The van der Waals surface area contributed by atoms with Gasteiger partial charge in [-0.3, -0.25) is 4.98 Å². The van der Waals surface area contributed by atoms with Gasteiger partial charge in [-0.05, 0) is 24.6 Å². The number of rotatable bonds is 4. The molecule has 2 rings (SSSR count). The van der Waals surface area contributed by atoms with Crippen molar-refractivity contribution in [3.05, 3.63) is 66.0 Å². The molecule has 2 N–H and O–H groups in total. The molecular weight excluding hydrogens is 238 g/mol. The number of pyridine rings is 1. The highest BCUT2D eigenvalue weighted by Crippen LogP contribution is 2.07. The predicted octanol–water partition coefficient (Wildman–Crippen LogP) is 2.64. The second-order valence-corrected chi connectivity index (χ2v) is 4.29. The highest BCUT2D eigenvalue weighted by atomic mass is 16.2. The van der Waals surface area contributed by atoms with E-state index in [0.29, 0.717) is 6.54 Å². The van der Waals surface area contributed by atoms with E-state index in [9.17, 15) is 4.79 Å². The van der Waals surface area contributed by atoms with Crippen LogP contribution in [0.4, 0.5) is 4.79 Å². The summed E-state index contributed by atoms with van der Waals surface area (Å²) in [4.78, 5) is 16.0. The molecule has 1 aromatic heterocycles. The normalized spacial score (nSPS) is 11.6. The van der Waals surface area contributed by atoms with Crippen LogP contribution in [-0.4, -0.2) is 11.0 Å². The van der Waals surface area contributed by atoms with E-state index >= 15 is 0 Å². The first kappa shape index (κ1) is 13.1. The summed E-state index contributed by atoms with van der Waals surface area (Å²) in [5, 5.41) is 5.68. The van der Waals surface area contributed by atoms with E-state index in [4.69, 9.17) is 0 Å². The van der Waals surface area contributed by atoms with Crippen molar-refractivity contribution < 1.29 is 4.79 Å². The van der Waals surface area contributed by atoms with E-state index in [0.717, 1.165) is 11.3 Å². The molecule has 0 fully saturated rings. The molecule has 1 heterocycles. The number of urea groups is 1. The maximum absolute atomic E-state index is 11.8. The van der Waals surface area contributed by atoms with Crippen molar-refractivity contribution in [3.8, 4) is 0 Å². The minimum Gasteiger partial charge on any atom is -0.334 e. The Hall–Kier alpha value is -2.36. The van der Waals surface area contributed by atoms with Gasteiger partial charge in [-0.15, -0.1) is 0 Å². The molecule has 19 heavy (non-hydrogen) atoms. The zero-order chi connectivity index (χ0) is 13.5. The largest absolute Gasteiger partial charge is 0.334 e. The lowest BCUT2D eigenvalue weighted by atomic mass is 10.2. The lowest BCUT2D eigenvalue weighted by Crippen LogP contribution is -2.36. The van der Waals surface area contributed by atoms with Crippen molar-refractivity contribution in [1.82, 2.24) is 15.6 Å². The molecule has 1 aromatic carbocycles. The van der Waals surface area contributed by atoms with Crippen LogP contribution in [0.15, 0.2) is 54.7 Å². The third-order valence-corrected chi connectivity index (χ3v) is 2.77. The van der Waals surface area contributed by atoms with Crippen molar-refractivity contribution >= 4 is 6.03 Å². The molecule has 98 valence electrons. The third-order valence-electron chi connectivity index (χ3n) is 2.77. The van der Waals surface area contributed by atoms with Gasteiger partial charge in [0.25, 0.3) is 0 Å². The summed E-state index contributed by atoms with van der Waals surface area (Å²) in [6.45, 7) is 2.42. The Morgan fingerprint density at radius 1 is 1.16 bits per heavy atom. The number of aromatic nitrogens is 1. The van der Waals surface area contributed by atoms with E-state index in [2.05, 4.69) is 15.6 Å². The zero-order valence-corrected chi connectivity index (χ0v) is 10.8. The number of carbonyl (C=O) groups excluding carboxylic acids is 1. The molecule has 0 aliphatic rings. The number of nitrogens with one attached hydrogen (secondary N) is 2. The Labute approximate surface area is 112 Å². The Balaban J connectivity index is 1.82. The SMILES string of the molecule is CC(NC(=O)NCc1ccccc1)c1ccccn1. The fourth-order valence-corrected chi connectivity index (χ4v) is 1.73. The Bertz CT molecular complexity index is 513. The number of hydrogen-bond donors (Lipinski definition) is 2. The number of amides is 2. The fraction of sp³-hybridized carbons (Fsp3) is 0.200. The van der Waals surface area contributed by atoms with Crippen LogP contribution < -0.4 is 10.6 Å². The van der Waals surface area contributed by atoms with Gasteiger partial charge in [0, 0.05) is 12.7 Å². The van der Waals surface area contributed by atoms with Crippen LogP contribution in [0.25, 0.3) is 0 Å². The van der Waals surface area contributed by atoms with Crippen LogP contribution in [0.5, 0.6) is 0 Å². The van der Waals surface area contributed by atoms with E-state index in [1.807, 2.05) is 55.5 Å². The molecule has 1 atom stereocenters. The van der Waals surface area contributed by atoms with Crippen molar-refractivity contribution in [2.45, 2.75) is 19.5 Å². The number of carbonyl (C=O) groups is 1. The monoisotopic (exact) mass is 255 g/mol. The van der Waals surface area contributed by atoms with Crippen LogP contribution in [0.3, 0.4) is 0 Å². The maximum atomic E-state index is 11.8. The van der Waals surface area contributed by atoms with Crippen molar-refractivity contribution in [2.75, 3.05) is 0 Å². The average molecular weight is 255 g/mol. The van der Waals surface area contributed by atoms with Crippen LogP contribution in [-0.2, 0) is 6.54 Å². The second kappa shape index (κ2) is 6.54. The molecule has 2 amide bonds. The maximum Gasteiger partial charge on any atom is 0.315 e. The van der Waals surface area contributed by atoms with Gasteiger partial charge >= 0.3 is 6.03 Å². The van der Waals surface area contributed by atoms with Crippen LogP contribution >= 0.6 is 0 Å². The topological polar surface area (TPSA) is 54.0 Å². The summed E-state index contributed by atoms with van der Waals surface area (Å²) in [6, 6.07) is 15.1. The van der Waals surface area contributed by atoms with Crippen LogP contribution in [0, 0.1) is 0 Å². The minimum absolute atomic E-state index is 0.114. The first-order valence-electron chi connectivity index (χ1n) is 6.25. The molecule has 4 heteroatoms. The minimum atomic E-state index is -0.193. The Morgan fingerprint density at radius 3 is 2.58 bits per heavy atom. The first-order valence-corrected chi connectivity index (χ1v) is 6.25. The van der Waals surface area contributed by atoms with Gasteiger partial charge in [-0.2, -0.15) is 0 Å². The number of benzene rings is 1. The van der Waals surface area contributed by atoms with Gasteiger partial charge in [0.15, 0.2) is 0 Å². The molecule has 0 radical (unpaired) electrons. The molecule has 0 saturated heterocycles. The van der Waals surface area contributed by atoms with Gasteiger partial charge in [0.2, 0.25) is 0 Å². The molecule has 1 unspecified atom stereocenters. The van der Waals surface area contributed by atoms with Gasteiger partial charge < -0.3 is 10.6 Å². The van der Waals surface area contributed by atoms with Crippen LogP contribution in [0.2, 0.25) is 0 Å². The molecule has 0 bridgehead atoms. The molecule has 4 nitrogen and oxygen atoms in total. The summed E-state index contributed by atoms with van der Waals surface area (Å²) < 4.78 is 0. The summed E-state index contributed by atoms with van der Waals surface area (Å²) >= 11 is 0. The van der Waals surface area contributed by atoms with E-state index in [1.54, 1.807) is 6.20 Å². The smallest absolute Gasteiger partial charge is 0.315 e. The Morgan fingerprint density at radius 2 is 1.89 bits per heavy atom. The highest BCUT2D eigenvalue weighted by Gasteiger charge is 2.09. The van der Waals surface area contributed by atoms with Gasteiger partial charge in [-0.25, -0.2) is 4.79 Å². The van der Waals surface area contributed by atoms with Gasteiger partial charge in [0.05, 0.1) is 11.7 Å². The summed E-state index contributed by atoms with van der Waals surface area (Å²) in [5.74, 6) is 0. The highest BCUT2D eigenvalue weighted by molar-refractivity contribution is 5.74. The first-order chi connectivity index (χ1) is 9.25. The standard InChI is InChI=1S/C15H17N3O/c1-12(14-9-5-6-10-16-14)18-15(19)17-11-13-7-3-2-4-8-13/h2-10,12H,11H2,1H3,(H2,17,18,19). The van der Waals surface area contributed by atoms with Crippen molar-refractivity contribution in [2.24, 2.45) is 0 Å².